The summed E-state index contributed by atoms with van der Waals surface area (Å²) >= 11 is 0. The molecule has 6 nitrogen and oxygen atoms in total. The Kier molecular flexibility index (Phi) is 8.86. The van der Waals surface area contributed by atoms with Crippen LogP contribution in [-0.2, 0) is 16.1 Å². The van der Waals surface area contributed by atoms with E-state index < -0.39 is 0 Å². The number of benzene rings is 1. The van der Waals surface area contributed by atoms with Crippen molar-refractivity contribution in [1.29, 1.82) is 0 Å². The minimum absolute atomic E-state index is 0.0277. The van der Waals surface area contributed by atoms with Crippen molar-refractivity contribution in [3.8, 4) is 5.75 Å². The fraction of sp³-hybridized carbons (Fsp3) is 0.556. The van der Waals surface area contributed by atoms with Crippen LogP contribution in [0.5, 0.6) is 5.75 Å². The van der Waals surface area contributed by atoms with Gasteiger partial charge < -0.3 is 19.9 Å². The Morgan fingerprint density at radius 1 is 1.17 bits per heavy atom. The number of nitrogens with one attached hydrogen (secondary N) is 1. The molecule has 0 atom stereocenters. The average Bonchev–Trinajstić information content (AvgIpc) is 2.55. The molecule has 0 heterocycles. The van der Waals surface area contributed by atoms with Crippen LogP contribution in [0.1, 0.15) is 25.3 Å². The van der Waals surface area contributed by atoms with E-state index in [2.05, 4.69) is 10.2 Å². The van der Waals surface area contributed by atoms with Crippen LogP contribution in [0.25, 0.3) is 0 Å². The molecule has 0 aliphatic carbocycles. The lowest BCUT2D eigenvalue weighted by molar-refractivity contribution is -0.130. The molecule has 0 aliphatic rings. The summed E-state index contributed by atoms with van der Waals surface area (Å²) in [7, 11) is 5.62. The molecule has 1 aromatic carbocycles. The highest BCUT2D eigenvalue weighted by molar-refractivity contribution is 5.78. The quantitative estimate of drug-likeness (QED) is 0.658. The Hall–Kier alpha value is -2.08. The molecule has 0 saturated carbocycles. The molecule has 0 bridgehead atoms. The van der Waals surface area contributed by atoms with Crippen molar-refractivity contribution in [2.75, 3.05) is 40.8 Å². The highest BCUT2D eigenvalue weighted by Crippen LogP contribution is 2.19. The number of carbonyl (C=O) groups is 2. The highest BCUT2D eigenvalue weighted by atomic mass is 16.5. The fourth-order valence-corrected chi connectivity index (χ4v) is 2.34. The molecular weight excluding hydrogens is 306 g/mol. The molecule has 0 saturated heterocycles. The third kappa shape index (κ3) is 7.46. The van der Waals surface area contributed by atoms with Gasteiger partial charge in [0.1, 0.15) is 5.75 Å². The fourth-order valence-electron chi connectivity index (χ4n) is 2.34. The molecule has 1 aromatic rings. The van der Waals surface area contributed by atoms with Crippen LogP contribution >= 0.6 is 0 Å². The Balaban J connectivity index is 2.46. The van der Waals surface area contributed by atoms with Crippen LogP contribution in [0.4, 0.5) is 0 Å². The number of amides is 2. The first-order valence-electron chi connectivity index (χ1n) is 8.23. The van der Waals surface area contributed by atoms with Gasteiger partial charge in [0.2, 0.25) is 11.8 Å². The molecule has 1 N–H and O–H groups in total. The minimum atomic E-state index is -0.0543. The van der Waals surface area contributed by atoms with Crippen LogP contribution in [0.3, 0.4) is 0 Å². The van der Waals surface area contributed by atoms with Gasteiger partial charge in [0.15, 0.2) is 0 Å². The summed E-state index contributed by atoms with van der Waals surface area (Å²) in [6, 6.07) is 7.59. The van der Waals surface area contributed by atoms with Crippen LogP contribution in [0.2, 0.25) is 0 Å². The SMILES string of the molecule is COc1ccccc1CN(CCC(=O)NCCCN(C)C)C(C)=O. The summed E-state index contributed by atoms with van der Waals surface area (Å²) in [4.78, 5) is 27.5. The monoisotopic (exact) mass is 335 g/mol. The zero-order valence-corrected chi connectivity index (χ0v) is 15.2. The van der Waals surface area contributed by atoms with Gasteiger partial charge in [0.05, 0.1) is 7.11 Å². The smallest absolute Gasteiger partial charge is 0.221 e. The van der Waals surface area contributed by atoms with Crippen molar-refractivity contribution in [3.63, 3.8) is 0 Å². The van der Waals surface area contributed by atoms with Crippen molar-refractivity contribution < 1.29 is 14.3 Å². The van der Waals surface area contributed by atoms with Gasteiger partial charge in [0.25, 0.3) is 0 Å². The number of carbonyl (C=O) groups excluding carboxylic acids is 2. The van der Waals surface area contributed by atoms with Gasteiger partial charge in [-0.1, -0.05) is 18.2 Å². The molecule has 0 aliphatic heterocycles. The molecule has 0 unspecified atom stereocenters. The molecule has 0 fully saturated rings. The maximum atomic E-state index is 11.9. The standard InChI is InChI=1S/C18H29N3O3/c1-15(22)21(14-16-8-5-6-9-17(16)24-4)13-10-18(23)19-11-7-12-20(2)3/h5-6,8-9H,7,10-14H2,1-4H3,(H,19,23). The third-order valence-corrected chi connectivity index (χ3v) is 3.71. The molecule has 1 rings (SSSR count). The summed E-state index contributed by atoms with van der Waals surface area (Å²) in [5.74, 6) is 0.665. The highest BCUT2D eigenvalue weighted by Gasteiger charge is 2.14. The second kappa shape index (κ2) is 10.6. The van der Waals surface area contributed by atoms with Gasteiger partial charge in [-0.25, -0.2) is 0 Å². The van der Waals surface area contributed by atoms with E-state index in [0.717, 1.165) is 24.3 Å². The number of nitrogens with zero attached hydrogens (tertiary/aromatic N) is 2. The largest absolute Gasteiger partial charge is 0.496 e. The Morgan fingerprint density at radius 2 is 1.88 bits per heavy atom. The second-order valence-electron chi connectivity index (χ2n) is 6.01. The van der Waals surface area contributed by atoms with Crippen molar-refractivity contribution in [3.05, 3.63) is 29.8 Å². The van der Waals surface area contributed by atoms with E-state index >= 15 is 0 Å². The number of hydrogen-bond acceptors (Lipinski definition) is 4. The average molecular weight is 335 g/mol. The Bertz CT molecular complexity index is 532. The molecule has 0 radical (unpaired) electrons. The molecule has 24 heavy (non-hydrogen) atoms. The summed E-state index contributed by atoms with van der Waals surface area (Å²) in [5, 5.41) is 2.89. The van der Waals surface area contributed by atoms with Crippen LogP contribution in [0.15, 0.2) is 24.3 Å². The first-order valence-corrected chi connectivity index (χ1v) is 8.23. The van der Waals surface area contributed by atoms with E-state index in [1.54, 1.807) is 12.0 Å². The van der Waals surface area contributed by atoms with Crippen LogP contribution in [-0.4, -0.2) is 62.5 Å². The first-order chi connectivity index (χ1) is 11.4. The second-order valence-corrected chi connectivity index (χ2v) is 6.01. The van der Waals surface area contributed by atoms with Gasteiger partial charge in [-0.2, -0.15) is 0 Å². The van der Waals surface area contributed by atoms with Crippen molar-refractivity contribution >= 4 is 11.8 Å². The van der Waals surface area contributed by atoms with Crippen molar-refractivity contribution in [2.45, 2.75) is 26.3 Å². The lowest BCUT2D eigenvalue weighted by atomic mass is 10.2. The van der Waals surface area contributed by atoms with E-state index in [4.69, 9.17) is 4.74 Å². The van der Waals surface area contributed by atoms with Crippen LogP contribution < -0.4 is 10.1 Å². The predicted molar refractivity (Wildman–Crippen MR) is 94.9 cm³/mol. The lowest BCUT2D eigenvalue weighted by Crippen LogP contribution is -2.34. The van der Waals surface area contributed by atoms with Crippen LogP contribution in [0, 0.1) is 0 Å². The number of rotatable bonds is 10. The summed E-state index contributed by atoms with van der Waals surface area (Å²) < 4.78 is 5.32. The van der Waals surface area contributed by atoms with Crippen molar-refractivity contribution in [1.82, 2.24) is 15.1 Å². The molecule has 0 aromatic heterocycles. The zero-order chi connectivity index (χ0) is 17.9. The molecule has 0 spiro atoms. The van der Waals surface area contributed by atoms with E-state index in [-0.39, 0.29) is 11.8 Å². The number of para-hydroxylation sites is 1. The first kappa shape index (κ1) is 20.0. The van der Waals surface area contributed by atoms with Gasteiger partial charge in [-0.05, 0) is 33.1 Å². The van der Waals surface area contributed by atoms with Gasteiger partial charge >= 0.3 is 0 Å². The number of methoxy groups -OCH3 is 1. The van der Waals surface area contributed by atoms with Crippen molar-refractivity contribution in [2.24, 2.45) is 0 Å². The normalized spacial score (nSPS) is 10.5. The van der Waals surface area contributed by atoms with E-state index in [1.165, 1.54) is 6.92 Å². The molecule has 134 valence electrons. The summed E-state index contributed by atoms with van der Waals surface area (Å²) in [6.45, 7) is 3.95. The van der Waals surface area contributed by atoms with E-state index in [9.17, 15) is 9.59 Å². The maximum Gasteiger partial charge on any atom is 0.221 e. The molecular formula is C18H29N3O3. The Labute approximate surface area is 144 Å². The summed E-state index contributed by atoms with van der Waals surface area (Å²) in [6.07, 6.45) is 1.22. The topological polar surface area (TPSA) is 61.9 Å². The van der Waals surface area contributed by atoms with Gasteiger partial charge in [-0.15, -0.1) is 0 Å². The number of ether oxygens (including phenoxy) is 1. The minimum Gasteiger partial charge on any atom is -0.496 e. The predicted octanol–water partition coefficient (Wildman–Crippen LogP) is 1.50. The number of hydrogen-bond donors (Lipinski definition) is 1. The van der Waals surface area contributed by atoms with Gasteiger partial charge in [-0.3, -0.25) is 9.59 Å². The molecule has 2 amide bonds. The lowest BCUT2D eigenvalue weighted by Gasteiger charge is -2.22. The van der Waals surface area contributed by atoms with Gasteiger partial charge in [0, 0.05) is 38.5 Å². The Morgan fingerprint density at radius 3 is 2.50 bits per heavy atom. The third-order valence-electron chi connectivity index (χ3n) is 3.71. The zero-order valence-electron chi connectivity index (χ0n) is 15.2. The summed E-state index contributed by atoms with van der Waals surface area (Å²) in [5.41, 5.74) is 0.932. The van der Waals surface area contributed by atoms with E-state index in [1.807, 2.05) is 38.4 Å². The van der Waals surface area contributed by atoms with E-state index in [0.29, 0.717) is 26.1 Å². The maximum absolute atomic E-state index is 11.9. The molecule has 6 heteroatoms.